The Labute approximate surface area is 196 Å². The van der Waals surface area contributed by atoms with Gasteiger partial charge in [-0.25, -0.2) is 4.98 Å². The Bertz CT molecular complexity index is 1120. The van der Waals surface area contributed by atoms with E-state index in [1.54, 1.807) is 22.8 Å². The van der Waals surface area contributed by atoms with Crippen molar-refractivity contribution in [3.63, 3.8) is 0 Å². The fourth-order valence-corrected chi connectivity index (χ4v) is 5.33. The highest BCUT2D eigenvalue weighted by molar-refractivity contribution is 7.20. The first kappa shape index (κ1) is 23.2. The molecule has 1 fully saturated rings. The summed E-state index contributed by atoms with van der Waals surface area (Å²) < 4.78 is 37.4. The number of para-hydroxylation sites is 2. The van der Waals surface area contributed by atoms with Crippen molar-refractivity contribution >= 4 is 45.9 Å². The van der Waals surface area contributed by atoms with E-state index in [2.05, 4.69) is 10.3 Å². The largest absolute Gasteiger partial charge is 0.471 e. The van der Waals surface area contributed by atoms with E-state index in [0.717, 1.165) is 22.0 Å². The topological polar surface area (TPSA) is 74.3 Å². The Morgan fingerprint density at radius 2 is 1.97 bits per heavy atom. The summed E-state index contributed by atoms with van der Waals surface area (Å²) in [5, 5.41) is 9.34. The number of anilines is 2. The minimum absolute atomic E-state index is 0.0479. The highest BCUT2D eigenvalue weighted by Gasteiger charge is 2.38. The Morgan fingerprint density at radius 1 is 1.15 bits per heavy atom. The van der Waals surface area contributed by atoms with Gasteiger partial charge in [0.1, 0.15) is 10.7 Å². The quantitative estimate of drug-likeness (QED) is 0.505. The number of alkyl halides is 3. The molecule has 0 saturated carbocycles. The molecule has 0 aliphatic carbocycles. The first-order valence-corrected chi connectivity index (χ1v) is 12.1. The standard InChI is InChI=1S/C22H21F3N4O2S2/c23-22(24,25)21(31)26-11-14-5-3-9-29(12-14)17-7-2-1-6-15(17)27-19(30)16-13-33-20(28-16)18-8-4-10-32-18/h1-2,4,6-8,10,13-14H,3,5,9,11-12H2,(H,26,31)(H,27,30)/t14-/m0/s1. The number of halogens is 3. The van der Waals surface area contributed by atoms with Gasteiger partial charge in [0.25, 0.3) is 5.91 Å². The lowest BCUT2D eigenvalue weighted by atomic mass is 9.97. The molecule has 4 rings (SSSR count). The molecule has 3 aromatic rings. The predicted octanol–water partition coefficient (Wildman–Crippen LogP) is 5.02. The van der Waals surface area contributed by atoms with E-state index in [1.807, 2.05) is 45.9 Å². The molecule has 2 N–H and O–H groups in total. The Kier molecular flexibility index (Phi) is 6.99. The van der Waals surface area contributed by atoms with Crippen LogP contribution in [0, 0.1) is 5.92 Å². The Balaban J connectivity index is 1.43. The van der Waals surface area contributed by atoms with E-state index < -0.39 is 12.1 Å². The molecule has 1 atom stereocenters. The number of piperidine rings is 1. The minimum Gasteiger partial charge on any atom is -0.370 e. The number of rotatable bonds is 6. The number of hydrogen-bond donors (Lipinski definition) is 2. The van der Waals surface area contributed by atoms with Crippen LogP contribution in [0.15, 0.2) is 47.2 Å². The van der Waals surface area contributed by atoms with Crippen LogP contribution in [0.5, 0.6) is 0 Å². The number of aromatic nitrogens is 1. The van der Waals surface area contributed by atoms with Crippen LogP contribution in [-0.2, 0) is 4.79 Å². The van der Waals surface area contributed by atoms with Crippen LogP contribution < -0.4 is 15.5 Å². The third-order valence-electron chi connectivity index (χ3n) is 5.29. The number of carbonyl (C=O) groups is 2. The molecule has 33 heavy (non-hydrogen) atoms. The molecular formula is C22H21F3N4O2S2. The van der Waals surface area contributed by atoms with E-state index in [4.69, 9.17) is 0 Å². The van der Waals surface area contributed by atoms with Crippen LogP contribution in [0.1, 0.15) is 23.3 Å². The van der Waals surface area contributed by atoms with Crippen LogP contribution in [-0.4, -0.2) is 42.6 Å². The molecular weight excluding hydrogens is 473 g/mol. The van der Waals surface area contributed by atoms with Crippen molar-refractivity contribution in [2.24, 2.45) is 5.92 Å². The Hall–Kier alpha value is -2.92. The van der Waals surface area contributed by atoms with Gasteiger partial charge in [0.2, 0.25) is 0 Å². The van der Waals surface area contributed by atoms with Crippen LogP contribution in [0.3, 0.4) is 0 Å². The molecule has 6 nitrogen and oxygen atoms in total. The summed E-state index contributed by atoms with van der Waals surface area (Å²) in [6.07, 6.45) is -3.40. The monoisotopic (exact) mass is 494 g/mol. The number of nitrogens with one attached hydrogen (secondary N) is 2. The molecule has 0 radical (unpaired) electrons. The van der Waals surface area contributed by atoms with E-state index in [0.29, 0.717) is 30.9 Å². The van der Waals surface area contributed by atoms with Crippen molar-refractivity contribution in [1.82, 2.24) is 10.3 Å². The van der Waals surface area contributed by atoms with Gasteiger partial charge in [-0.15, -0.1) is 22.7 Å². The van der Waals surface area contributed by atoms with Gasteiger partial charge in [0.05, 0.1) is 16.3 Å². The molecule has 1 aliphatic heterocycles. The van der Waals surface area contributed by atoms with Crippen LogP contribution >= 0.6 is 22.7 Å². The second-order valence-electron chi connectivity index (χ2n) is 7.65. The van der Waals surface area contributed by atoms with Crippen molar-refractivity contribution in [3.8, 4) is 9.88 Å². The summed E-state index contributed by atoms with van der Waals surface area (Å²) in [7, 11) is 0. The summed E-state index contributed by atoms with van der Waals surface area (Å²) in [5.74, 6) is -2.37. The Morgan fingerprint density at radius 3 is 2.73 bits per heavy atom. The zero-order chi connectivity index (χ0) is 23.4. The fourth-order valence-electron chi connectivity index (χ4n) is 3.72. The summed E-state index contributed by atoms with van der Waals surface area (Å²) in [5.41, 5.74) is 1.71. The van der Waals surface area contributed by atoms with Gasteiger partial charge in [0.15, 0.2) is 0 Å². The molecule has 1 aromatic carbocycles. The number of thiophene rings is 1. The second kappa shape index (κ2) is 9.92. The van der Waals surface area contributed by atoms with E-state index in [-0.39, 0.29) is 18.4 Å². The normalized spacial score (nSPS) is 16.5. The smallest absolute Gasteiger partial charge is 0.370 e. The van der Waals surface area contributed by atoms with Gasteiger partial charge in [-0.2, -0.15) is 13.2 Å². The lowest BCUT2D eigenvalue weighted by Gasteiger charge is -2.35. The molecule has 2 aromatic heterocycles. The molecule has 1 saturated heterocycles. The predicted molar refractivity (Wildman–Crippen MR) is 124 cm³/mol. The molecule has 0 spiro atoms. The number of amides is 2. The maximum atomic E-state index is 12.8. The third-order valence-corrected chi connectivity index (χ3v) is 7.17. The molecule has 11 heteroatoms. The average Bonchev–Trinajstić information content (AvgIpc) is 3.49. The van der Waals surface area contributed by atoms with Crippen molar-refractivity contribution in [2.45, 2.75) is 19.0 Å². The molecule has 174 valence electrons. The molecule has 1 aliphatic rings. The van der Waals surface area contributed by atoms with Gasteiger partial charge in [-0.1, -0.05) is 18.2 Å². The van der Waals surface area contributed by atoms with Gasteiger partial charge >= 0.3 is 12.1 Å². The number of nitrogens with zero attached hydrogens (tertiary/aromatic N) is 2. The highest BCUT2D eigenvalue weighted by atomic mass is 32.1. The van der Waals surface area contributed by atoms with Crippen molar-refractivity contribution < 1.29 is 22.8 Å². The number of thiazole rings is 1. The minimum atomic E-state index is -4.88. The van der Waals surface area contributed by atoms with E-state index in [9.17, 15) is 22.8 Å². The van der Waals surface area contributed by atoms with Gasteiger partial charge in [0, 0.05) is 25.0 Å². The number of hydrogen-bond acceptors (Lipinski definition) is 6. The molecule has 0 unspecified atom stereocenters. The fraction of sp³-hybridized carbons (Fsp3) is 0.318. The molecule has 2 amide bonds. The van der Waals surface area contributed by atoms with Gasteiger partial charge in [-0.3, -0.25) is 9.59 Å². The lowest BCUT2D eigenvalue weighted by Crippen LogP contribution is -2.44. The SMILES string of the molecule is O=C(Nc1ccccc1N1CCC[C@@H](CNC(=O)C(F)(F)F)C1)c1csc(-c2cccs2)n1. The molecule has 0 bridgehead atoms. The number of carbonyl (C=O) groups excluding carboxylic acids is 2. The van der Waals surface area contributed by atoms with Crippen molar-refractivity contribution in [3.05, 3.63) is 52.9 Å². The first-order valence-electron chi connectivity index (χ1n) is 10.3. The van der Waals surface area contributed by atoms with Gasteiger partial charge < -0.3 is 15.5 Å². The van der Waals surface area contributed by atoms with Crippen LogP contribution in [0.25, 0.3) is 9.88 Å². The molecule has 3 heterocycles. The maximum Gasteiger partial charge on any atom is 0.471 e. The van der Waals surface area contributed by atoms with Gasteiger partial charge in [-0.05, 0) is 42.3 Å². The lowest BCUT2D eigenvalue weighted by molar-refractivity contribution is -0.173. The summed E-state index contributed by atoms with van der Waals surface area (Å²) in [6, 6.07) is 11.2. The average molecular weight is 495 g/mol. The van der Waals surface area contributed by atoms with Crippen LogP contribution in [0.2, 0.25) is 0 Å². The summed E-state index contributed by atoms with van der Waals surface area (Å²) in [6.45, 7) is 1.13. The third kappa shape index (κ3) is 5.72. The summed E-state index contributed by atoms with van der Waals surface area (Å²) >= 11 is 2.96. The summed E-state index contributed by atoms with van der Waals surface area (Å²) in [4.78, 5) is 31.4. The van der Waals surface area contributed by atoms with E-state index >= 15 is 0 Å². The maximum absolute atomic E-state index is 12.8. The van der Waals surface area contributed by atoms with Crippen molar-refractivity contribution in [1.29, 1.82) is 0 Å². The number of benzene rings is 1. The van der Waals surface area contributed by atoms with Crippen molar-refractivity contribution in [2.75, 3.05) is 29.9 Å². The second-order valence-corrected chi connectivity index (χ2v) is 9.45. The van der Waals surface area contributed by atoms with E-state index in [1.165, 1.54) is 11.3 Å². The highest BCUT2D eigenvalue weighted by Crippen LogP contribution is 2.31. The zero-order valence-electron chi connectivity index (χ0n) is 17.4. The zero-order valence-corrected chi connectivity index (χ0v) is 19.0. The first-order chi connectivity index (χ1) is 15.8. The van der Waals surface area contributed by atoms with Crippen LogP contribution in [0.4, 0.5) is 24.5 Å².